The van der Waals surface area contributed by atoms with Crippen LogP contribution in [0, 0.1) is 12.9 Å². The second kappa shape index (κ2) is 5.59. The van der Waals surface area contributed by atoms with Gasteiger partial charge < -0.3 is 4.98 Å². The normalized spacial score (nSPS) is 11.9. The van der Waals surface area contributed by atoms with E-state index in [1.165, 1.54) is 31.2 Å². The molecule has 0 radical (unpaired) electrons. The maximum atomic E-state index is 14.1. The number of aromatic amines is 1. The third-order valence-electron chi connectivity index (χ3n) is 3.47. The number of aryl methyl sites for hydroxylation is 1. The molecule has 0 aliphatic heterocycles. The first-order valence-electron chi connectivity index (χ1n) is 6.74. The lowest BCUT2D eigenvalue weighted by atomic mass is 10.0. The Labute approximate surface area is 137 Å². The van der Waals surface area contributed by atoms with Crippen LogP contribution in [-0.2, 0) is 6.18 Å². The predicted molar refractivity (Wildman–Crippen MR) is 82.5 cm³/mol. The molecule has 0 atom stereocenters. The highest BCUT2D eigenvalue weighted by Gasteiger charge is 2.39. The van der Waals surface area contributed by atoms with Crippen molar-refractivity contribution < 1.29 is 17.6 Å². The zero-order chi connectivity index (χ0) is 17.6. The maximum Gasteiger partial charge on any atom is 0.422 e. The number of pyridine rings is 2. The quantitative estimate of drug-likeness (QED) is 0.507. The minimum Gasteiger partial charge on any atom is -0.358 e. The van der Waals surface area contributed by atoms with Gasteiger partial charge in [-0.2, -0.15) is 17.6 Å². The number of hydrogen-bond acceptors (Lipinski definition) is 2. The van der Waals surface area contributed by atoms with Crippen LogP contribution in [0.4, 0.5) is 17.6 Å². The number of halogens is 5. The summed E-state index contributed by atoms with van der Waals surface area (Å²) in [6.45, 7) is 1.42. The molecule has 0 fully saturated rings. The minimum absolute atomic E-state index is 0.173. The summed E-state index contributed by atoms with van der Waals surface area (Å²) >= 11 is 5.77. The van der Waals surface area contributed by atoms with E-state index in [-0.39, 0.29) is 22.3 Å². The number of alkyl halides is 3. The fourth-order valence-corrected chi connectivity index (χ4v) is 2.62. The first-order chi connectivity index (χ1) is 11.2. The second-order valence-electron chi connectivity index (χ2n) is 5.20. The Morgan fingerprint density at radius 3 is 2.38 bits per heavy atom. The van der Waals surface area contributed by atoms with E-state index in [1.807, 2.05) is 0 Å². The van der Waals surface area contributed by atoms with Crippen molar-refractivity contribution in [3.63, 3.8) is 0 Å². The average molecular weight is 357 g/mol. The fourth-order valence-electron chi connectivity index (χ4n) is 2.50. The molecule has 0 spiro atoms. The highest BCUT2D eigenvalue weighted by Crippen LogP contribution is 2.37. The Balaban J connectivity index is 2.49. The standard InChI is InChI=1S/C16H9ClF4N2O/c1-7-6-10(24)11-13(8-2-4-9(17)5-3-8)23-15(18)12(14(11)22-7)16(19,20)21/h2-6H,1H3,(H,22,24). The molecule has 24 heavy (non-hydrogen) atoms. The Kier molecular flexibility index (Phi) is 3.83. The molecule has 0 amide bonds. The lowest BCUT2D eigenvalue weighted by molar-refractivity contribution is -0.139. The van der Waals surface area contributed by atoms with Crippen LogP contribution in [0.2, 0.25) is 5.02 Å². The maximum absolute atomic E-state index is 14.1. The van der Waals surface area contributed by atoms with E-state index in [0.29, 0.717) is 5.02 Å². The van der Waals surface area contributed by atoms with Crippen molar-refractivity contribution in [3.8, 4) is 11.3 Å². The number of benzene rings is 1. The van der Waals surface area contributed by atoms with Gasteiger partial charge in [-0.05, 0) is 19.1 Å². The number of H-pyrrole nitrogens is 1. The van der Waals surface area contributed by atoms with Crippen molar-refractivity contribution in [2.45, 2.75) is 13.1 Å². The van der Waals surface area contributed by atoms with Gasteiger partial charge in [0.1, 0.15) is 5.56 Å². The molecular formula is C16H9ClF4N2O. The molecule has 0 saturated heterocycles. The van der Waals surface area contributed by atoms with Gasteiger partial charge in [0.15, 0.2) is 5.43 Å². The SMILES string of the molecule is Cc1cc(=O)c2c(-c3ccc(Cl)cc3)nc(F)c(C(F)(F)F)c2[nH]1. The molecule has 3 nitrogen and oxygen atoms in total. The van der Waals surface area contributed by atoms with Gasteiger partial charge in [-0.1, -0.05) is 23.7 Å². The van der Waals surface area contributed by atoms with Crippen LogP contribution >= 0.6 is 11.6 Å². The Morgan fingerprint density at radius 2 is 1.79 bits per heavy atom. The topological polar surface area (TPSA) is 45.8 Å². The van der Waals surface area contributed by atoms with Crippen LogP contribution in [0.25, 0.3) is 22.2 Å². The van der Waals surface area contributed by atoms with Gasteiger partial charge in [-0.25, -0.2) is 4.98 Å². The molecule has 0 aliphatic carbocycles. The summed E-state index contributed by atoms with van der Waals surface area (Å²) in [6, 6.07) is 7.00. The van der Waals surface area contributed by atoms with Gasteiger partial charge in [0, 0.05) is 22.3 Å². The molecule has 1 N–H and O–H groups in total. The lowest BCUT2D eigenvalue weighted by Gasteiger charge is -2.14. The molecule has 3 aromatic rings. The molecule has 2 aromatic heterocycles. The summed E-state index contributed by atoms with van der Waals surface area (Å²) in [7, 11) is 0. The lowest BCUT2D eigenvalue weighted by Crippen LogP contribution is -2.16. The summed E-state index contributed by atoms with van der Waals surface area (Å²) in [5, 5.41) is 0.0665. The van der Waals surface area contributed by atoms with Crippen molar-refractivity contribution in [3.05, 3.63) is 62.8 Å². The molecule has 0 unspecified atom stereocenters. The molecule has 1 aromatic carbocycles. The third kappa shape index (κ3) is 2.75. The van der Waals surface area contributed by atoms with Crippen molar-refractivity contribution in [2.75, 3.05) is 0 Å². The van der Waals surface area contributed by atoms with E-state index in [4.69, 9.17) is 11.6 Å². The average Bonchev–Trinajstić information content (AvgIpc) is 2.44. The number of fused-ring (bicyclic) bond motifs is 1. The molecule has 3 rings (SSSR count). The first-order valence-corrected chi connectivity index (χ1v) is 7.12. The second-order valence-corrected chi connectivity index (χ2v) is 5.63. The highest BCUT2D eigenvalue weighted by molar-refractivity contribution is 6.30. The Morgan fingerprint density at radius 1 is 1.17 bits per heavy atom. The van der Waals surface area contributed by atoms with Crippen molar-refractivity contribution in [1.82, 2.24) is 9.97 Å². The van der Waals surface area contributed by atoms with Crippen molar-refractivity contribution in [2.24, 2.45) is 0 Å². The summed E-state index contributed by atoms with van der Waals surface area (Å²) < 4.78 is 53.8. The van der Waals surface area contributed by atoms with Crippen molar-refractivity contribution >= 4 is 22.5 Å². The van der Waals surface area contributed by atoms with Gasteiger partial charge in [-0.15, -0.1) is 0 Å². The molecule has 0 bridgehead atoms. The number of aromatic nitrogens is 2. The van der Waals surface area contributed by atoms with E-state index in [2.05, 4.69) is 9.97 Å². The van der Waals surface area contributed by atoms with Crippen LogP contribution in [0.3, 0.4) is 0 Å². The van der Waals surface area contributed by atoms with Gasteiger partial charge in [0.2, 0.25) is 5.95 Å². The highest BCUT2D eigenvalue weighted by atomic mass is 35.5. The van der Waals surface area contributed by atoms with Crippen LogP contribution in [-0.4, -0.2) is 9.97 Å². The smallest absolute Gasteiger partial charge is 0.358 e. The molecule has 2 heterocycles. The van der Waals surface area contributed by atoms with E-state index in [1.54, 1.807) is 0 Å². The van der Waals surface area contributed by atoms with Gasteiger partial charge in [0.05, 0.1) is 16.6 Å². The van der Waals surface area contributed by atoms with Crippen LogP contribution < -0.4 is 5.43 Å². The fraction of sp³-hybridized carbons (Fsp3) is 0.125. The van der Waals surface area contributed by atoms with Gasteiger partial charge in [0.25, 0.3) is 0 Å². The van der Waals surface area contributed by atoms with Gasteiger partial charge in [-0.3, -0.25) is 4.79 Å². The van der Waals surface area contributed by atoms with Gasteiger partial charge >= 0.3 is 6.18 Å². The largest absolute Gasteiger partial charge is 0.422 e. The summed E-state index contributed by atoms with van der Waals surface area (Å²) in [5.74, 6) is -1.69. The zero-order valence-electron chi connectivity index (χ0n) is 12.1. The third-order valence-corrected chi connectivity index (χ3v) is 3.72. The summed E-state index contributed by atoms with van der Waals surface area (Å²) in [4.78, 5) is 18.1. The summed E-state index contributed by atoms with van der Waals surface area (Å²) in [6.07, 6.45) is -5.00. The molecule has 124 valence electrons. The molecular weight excluding hydrogens is 348 g/mol. The number of nitrogens with zero attached hydrogens (tertiary/aromatic N) is 1. The Bertz CT molecular complexity index is 994. The zero-order valence-corrected chi connectivity index (χ0v) is 12.9. The van der Waals surface area contributed by atoms with E-state index >= 15 is 0 Å². The Hall–Kier alpha value is -2.41. The first kappa shape index (κ1) is 16.4. The van der Waals surface area contributed by atoms with E-state index in [9.17, 15) is 22.4 Å². The number of hydrogen-bond donors (Lipinski definition) is 1. The minimum atomic E-state index is -5.00. The van der Waals surface area contributed by atoms with Crippen LogP contribution in [0.15, 0.2) is 35.1 Å². The number of rotatable bonds is 1. The predicted octanol–water partition coefficient (Wildman–Crippen LogP) is 4.71. The number of nitrogens with one attached hydrogen (secondary N) is 1. The van der Waals surface area contributed by atoms with E-state index < -0.39 is 28.6 Å². The van der Waals surface area contributed by atoms with E-state index in [0.717, 1.165) is 6.07 Å². The van der Waals surface area contributed by atoms with Crippen LogP contribution in [0.5, 0.6) is 0 Å². The van der Waals surface area contributed by atoms with Crippen molar-refractivity contribution in [1.29, 1.82) is 0 Å². The van der Waals surface area contributed by atoms with Crippen LogP contribution in [0.1, 0.15) is 11.3 Å². The molecule has 0 aliphatic rings. The molecule has 0 saturated carbocycles. The molecule has 8 heteroatoms. The monoisotopic (exact) mass is 356 g/mol. The summed E-state index contributed by atoms with van der Waals surface area (Å²) in [5.41, 5.74) is -2.59.